The number of ketones is 1. The lowest BCUT2D eigenvalue weighted by atomic mass is 9.91. The number of halogens is 1. The smallest absolute Gasteiger partial charge is 0.314 e. The predicted octanol–water partition coefficient (Wildman–Crippen LogP) is 5.55. The molecule has 1 unspecified atom stereocenters. The van der Waals surface area contributed by atoms with Crippen molar-refractivity contribution in [1.29, 1.82) is 0 Å². The van der Waals surface area contributed by atoms with Crippen LogP contribution in [0.25, 0.3) is 0 Å². The van der Waals surface area contributed by atoms with Gasteiger partial charge < -0.3 is 4.74 Å². The first-order valence-corrected chi connectivity index (χ1v) is 9.47. The van der Waals surface area contributed by atoms with Gasteiger partial charge in [0.15, 0.2) is 5.78 Å². The summed E-state index contributed by atoms with van der Waals surface area (Å²) in [6.45, 7) is 0.190. The van der Waals surface area contributed by atoms with E-state index in [0.717, 1.165) is 15.6 Å². The molecule has 0 radical (unpaired) electrons. The predicted molar refractivity (Wildman–Crippen MR) is 109 cm³/mol. The average Bonchev–Trinajstić information content (AvgIpc) is 2.72. The zero-order chi connectivity index (χ0) is 19.1. The topological polar surface area (TPSA) is 43.4 Å². The minimum absolute atomic E-state index is 0.0687. The van der Waals surface area contributed by atoms with E-state index in [9.17, 15) is 9.59 Å². The molecule has 3 aromatic rings. The van der Waals surface area contributed by atoms with Gasteiger partial charge in [0.1, 0.15) is 6.61 Å². The van der Waals surface area contributed by atoms with Crippen molar-refractivity contribution in [3.8, 4) is 0 Å². The summed E-state index contributed by atoms with van der Waals surface area (Å²) in [7, 11) is 0. The minimum atomic E-state index is -0.633. The molecule has 0 spiro atoms. The lowest BCUT2D eigenvalue weighted by molar-refractivity contribution is -0.146. The van der Waals surface area contributed by atoms with Gasteiger partial charge in [0, 0.05) is 16.5 Å². The van der Waals surface area contributed by atoms with E-state index >= 15 is 0 Å². The van der Waals surface area contributed by atoms with E-state index < -0.39 is 11.9 Å². The molecule has 0 bridgehead atoms. The van der Waals surface area contributed by atoms with Crippen molar-refractivity contribution in [1.82, 2.24) is 0 Å². The van der Waals surface area contributed by atoms with Crippen molar-refractivity contribution in [2.75, 3.05) is 0 Å². The molecule has 3 rings (SSSR count). The second-order valence-corrected chi connectivity index (χ2v) is 7.11. The van der Waals surface area contributed by atoms with Crippen molar-refractivity contribution in [2.24, 2.45) is 0 Å². The zero-order valence-electron chi connectivity index (χ0n) is 14.7. The third kappa shape index (κ3) is 5.38. The molecule has 3 nitrogen and oxygen atoms in total. The van der Waals surface area contributed by atoms with E-state index in [1.807, 2.05) is 72.8 Å². The highest BCUT2D eigenvalue weighted by Crippen LogP contribution is 2.24. The number of carbonyl (C=O) groups excluding carboxylic acids is 2. The summed E-state index contributed by atoms with van der Waals surface area (Å²) in [6, 6.07) is 26.0. The highest BCUT2D eigenvalue weighted by molar-refractivity contribution is 9.10. The lowest BCUT2D eigenvalue weighted by Gasteiger charge is -2.16. The summed E-state index contributed by atoms with van der Waals surface area (Å²) in [6.07, 6.45) is 0.0687. The number of hydrogen-bond donors (Lipinski definition) is 0. The molecule has 0 aliphatic carbocycles. The van der Waals surface area contributed by atoms with Crippen LogP contribution in [0.3, 0.4) is 0 Å². The first-order chi connectivity index (χ1) is 13.1. The quantitative estimate of drug-likeness (QED) is 0.370. The minimum Gasteiger partial charge on any atom is -0.460 e. The molecule has 27 heavy (non-hydrogen) atoms. The molecule has 0 aliphatic rings. The van der Waals surface area contributed by atoms with Crippen LogP contribution in [0.15, 0.2) is 89.4 Å². The monoisotopic (exact) mass is 422 g/mol. The van der Waals surface area contributed by atoms with Crippen LogP contribution in [0.4, 0.5) is 0 Å². The number of rotatable bonds is 7. The number of Topliss-reactive ketones (excluding diaryl/α,β-unsaturated/α-hetero) is 1. The lowest BCUT2D eigenvalue weighted by Crippen LogP contribution is -2.19. The van der Waals surface area contributed by atoms with Crippen LogP contribution in [0.2, 0.25) is 0 Å². The van der Waals surface area contributed by atoms with Gasteiger partial charge in [0.05, 0.1) is 5.92 Å². The Morgan fingerprint density at radius 2 is 1.41 bits per heavy atom. The molecule has 4 heteroatoms. The summed E-state index contributed by atoms with van der Waals surface area (Å²) in [4.78, 5) is 25.5. The van der Waals surface area contributed by atoms with Gasteiger partial charge in [-0.1, -0.05) is 88.7 Å². The van der Waals surface area contributed by atoms with E-state index in [1.54, 1.807) is 12.1 Å². The van der Waals surface area contributed by atoms with E-state index in [2.05, 4.69) is 15.9 Å². The van der Waals surface area contributed by atoms with Gasteiger partial charge in [0.2, 0.25) is 0 Å². The van der Waals surface area contributed by atoms with Crippen molar-refractivity contribution in [3.05, 3.63) is 106 Å². The van der Waals surface area contributed by atoms with Crippen LogP contribution in [0.5, 0.6) is 0 Å². The summed E-state index contributed by atoms with van der Waals surface area (Å²) < 4.78 is 6.41. The fourth-order valence-electron chi connectivity index (χ4n) is 2.79. The summed E-state index contributed by atoms with van der Waals surface area (Å²) in [5, 5.41) is 0. The van der Waals surface area contributed by atoms with Crippen LogP contribution in [-0.2, 0) is 16.1 Å². The number of hydrogen-bond acceptors (Lipinski definition) is 3. The van der Waals surface area contributed by atoms with Gasteiger partial charge in [-0.3, -0.25) is 9.59 Å². The Kier molecular flexibility index (Phi) is 6.55. The molecule has 0 amide bonds. The van der Waals surface area contributed by atoms with Crippen LogP contribution in [-0.4, -0.2) is 11.8 Å². The van der Waals surface area contributed by atoms with Gasteiger partial charge in [-0.15, -0.1) is 0 Å². The van der Waals surface area contributed by atoms with Crippen molar-refractivity contribution in [2.45, 2.75) is 18.9 Å². The maximum absolute atomic E-state index is 12.8. The number of ether oxygens (including phenoxy) is 1. The van der Waals surface area contributed by atoms with Gasteiger partial charge in [0.25, 0.3) is 0 Å². The molecule has 136 valence electrons. The largest absolute Gasteiger partial charge is 0.460 e. The molecular formula is C23H19BrO3. The Bertz CT molecular complexity index is 890. The Balaban J connectivity index is 1.75. The molecule has 0 saturated carbocycles. The Hall–Kier alpha value is -2.72. The molecule has 3 aromatic carbocycles. The summed E-state index contributed by atoms with van der Waals surface area (Å²) in [5.74, 6) is -1.12. The Labute approximate surface area is 167 Å². The van der Waals surface area contributed by atoms with Crippen molar-refractivity contribution >= 4 is 27.7 Å². The second-order valence-electron chi connectivity index (χ2n) is 6.19. The van der Waals surface area contributed by atoms with E-state index in [1.165, 1.54) is 0 Å². The first-order valence-electron chi connectivity index (χ1n) is 8.68. The normalized spacial score (nSPS) is 11.6. The third-order valence-electron chi connectivity index (χ3n) is 4.27. The molecule has 0 N–H and O–H groups in total. The Morgan fingerprint density at radius 3 is 2.04 bits per heavy atom. The van der Waals surface area contributed by atoms with Crippen molar-refractivity contribution in [3.63, 3.8) is 0 Å². The van der Waals surface area contributed by atoms with Gasteiger partial charge in [-0.05, 0) is 23.3 Å². The molecule has 0 saturated heterocycles. The first kappa shape index (κ1) is 19.1. The van der Waals surface area contributed by atoms with Gasteiger partial charge in [-0.2, -0.15) is 0 Å². The number of esters is 1. The Morgan fingerprint density at radius 1 is 0.815 bits per heavy atom. The standard InChI is InChI=1S/C23H19BrO3/c24-20-13-11-19(12-14-20)22(25)15-21(18-9-5-2-6-10-18)23(26)27-16-17-7-3-1-4-8-17/h1-14,21H,15-16H2. The summed E-state index contributed by atoms with van der Waals surface area (Å²) >= 11 is 3.36. The summed E-state index contributed by atoms with van der Waals surface area (Å²) in [5.41, 5.74) is 2.27. The SMILES string of the molecule is O=C(CC(C(=O)OCc1ccccc1)c1ccccc1)c1ccc(Br)cc1. The van der Waals surface area contributed by atoms with Crippen LogP contribution >= 0.6 is 15.9 Å². The molecule has 0 heterocycles. The highest BCUT2D eigenvalue weighted by atomic mass is 79.9. The maximum Gasteiger partial charge on any atom is 0.314 e. The molecule has 0 aliphatic heterocycles. The van der Waals surface area contributed by atoms with E-state index in [4.69, 9.17) is 4.74 Å². The van der Waals surface area contributed by atoms with Gasteiger partial charge >= 0.3 is 5.97 Å². The van der Waals surface area contributed by atoms with Crippen LogP contribution in [0, 0.1) is 0 Å². The zero-order valence-corrected chi connectivity index (χ0v) is 16.3. The molecule has 1 atom stereocenters. The van der Waals surface area contributed by atoms with Crippen LogP contribution in [0.1, 0.15) is 33.8 Å². The molecule has 0 aromatic heterocycles. The second kappa shape index (κ2) is 9.28. The number of benzene rings is 3. The molecule has 0 fully saturated rings. The highest BCUT2D eigenvalue weighted by Gasteiger charge is 2.26. The van der Waals surface area contributed by atoms with Gasteiger partial charge in [-0.25, -0.2) is 0 Å². The van der Waals surface area contributed by atoms with Crippen molar-refractivity contribution < 1.29 is 14.3 Å². The fraction of sp³-hybridized carbons (Fsp3) is 0.130. The number of carbonyl (C=O) groups is 2. The van der Waals surface area contributed by atoms with Crippen LogP contribution < -0.4 is 0 Å². The fourth-order valence-corrected chi connectivity index (χ4v) is 3.06. The molecular weight excluding hydrogens is 404 g/mol. The van der Waals surface area contributed by atoms with E-state index in [0.29, 0.717) is 5.56 Å². The third-order valence-corrected chi connectivity index (χ3v) is 4.79. The van der Waals surface area contributed by atoms with E-state index in [-0.39, 0.29) is 18.8 Å². The average molecular weight is 423 g/mol. The maximum atomic E-state index is 12.8.